The van der Waals surface area contributed by atoms with E-state index >= 15 is 0 Å². The van der Waals surface area contributed by atoms with E-state index in [1.54, 1.807) is 18.2 Å². The third-order valence-corrected chi connectivity index (χ3v) is 4.29. The second-order valence-electron chi connectivity index (χ2n) is 4.55. The maximum absolute atomic E-state index is 11.7. The lowest BCUT2D eigenvalue weighted by molar-refractivity contribution is 0.216. The van der Waals surface area contributed by atoms with Gasteiger partial charge in [-0.2, -0.15) is 8.42 Å². The van der Waals surface area contributed by atoms with Crippen LogP contribution >= 0.6 is 0 Å². The highest BCUT2D eigenvalue weighted by Gasteiger charge is 2.16. The van der Waals surface area contributed by atoms with Gasteiger partial charge in [-0.05, 0) is 31.8 Å². The molecule has 0 unspecified atom stereocenters. The minimum atomic E-state index is -3.64. The monoisotopic (exact) mass is 274 g/mol. The Bertz CT molecular complexity index is 436. The summed E-state index contributed by atoms with van der Waals surface area (Å²) in [5.74, 6) is 0. The van der Waals surface area contributed by atoms with E-state index in [0.29, 0.717) is 6.61 Å². The highest BCUT2D eigenvalue weighted by molar-refractivity contribution is 7.86. The zero-order valence-electron chi connectivity index (χ0n) is 10.3. The molecule has 0 N–H and O–H groups in total. The smallest absolute Gasteiger partial charge is 0.297 e. The molecule has 0 fully saturated rings. The summed E-state index contributed by atoms with van der Waals surface area (Å²) in [6, 6.07) is 8.10. The van der Waals surface area contributed by atoms with Crippen LogP contribution in [0.4, 0.5) is 0 Å². The lowest BCUT2D eigenvalue weighted by atomic mass is 10.4. The van der Waals surface area contributed by atoms with Gasteiger partial charge in [0, 0.05) is 0 Å². The molecule has 0 aliphatic rings. The molecule has 96 valence electrons. The molecule has 0 aliphatic carbocycles. The van der Waals surface area contributed by atoms with Crippen molar-refractivity contribution in [2.75, 3.05) is 13.2 Å². The minimum absolute atomic E-state index is 0.0570. The molecule has 17 heavy (non-hydrogen) atoms. The molecular weight excluding hydrogens is 256 g/mol. The zero-order chi connectivity index (χ0) is 12.9. The Hall–Kier alpha value is -0.693. The van der Waals surface area contributed by atoms with Crippen LogP contribution in [0.15, 0.2) is 35.2 Å². The molecule has 0 amide bonds. The lowest BCUT2D eigenvalue weighted by Gasteiger charge is -2.16. The molecule has 0 heterocycles. The highest BCUT2D eigenvalue weighted by atomic mass is 32.2. The van der Waals surface area contributed by atoms with Crippen LogP contribution in [-0.4, -0.2) is 29.9 Å². The number of benzene rings is 1. The molecule has 0 radical (unpaired) electrons. The molecule has 6 heteroatoms. The standard InChI is InChI=1S/C11H18O4SSi/c1-17(2,3)15-10-9-14-16(12,13)11-7-5-4-6-8-11/h4-8H,9-10H2,1-3H3. The van der Waals surface area contributed by atoms with Crippen LogP contribution < -0.4 is 0 Å². The number of rotatable bonds is 6. The van der Waals surface area contributed by atoms with Crippen molar-refractivity contribution < 1.29 is 17.0 Å². The summed E-state index contributed by atoms with van der Waals surface area (Å²) in [7, 11) is -5.25. The Morgan fingerprint density at radius 1 is 1.06 bits per heavy atom. The van der Waals surface area contributed by atoms with Crippen molar-refractivity contribution in [1.82, 2.24) is 0 Å². The van der Waals surface area contributed by atoms with Gasteiger partial charge in [-0.1, -0.05) is 18.2 Å². The molecular formula is C11H18O4SSi. The van der Waals surface area contributed by atoms with E-state index < -0.39 is 18.4 Å². The Morgan fingerprint density at radius 3 is 2.18 bits per heavy atom. The summed E-state index contributed by atoms with van der Waals surface area (Å²) in [5.41, 5.74) is 0. The van der Waals surface area contributed by atoms with Gasteiger partial charge in [-0.15, -0.1) is 0 Å². The van der Waals surface area contributed by atoms with E-state index in [9.17, 15) is 8.42 Å². The molecule has 0 spiro atoms. The molecule has 0 atom stereocenters. The topological polar surface area (TPSA) is 52.6 Å². The molecule has 1 aromatic carbocycles. The van der Waals surface area contributed by atoms with Crippen LogP contribution in [0.2, 0.25) is 19.6 Å². The summed E-state index contributed by atoms with van der Waals surface area (Å²) in [4.78, 5) is 0.174. The van der Waals surface area contributed by atoms with Gasteiger partial charge in [0.25, 0.3) is 10.1 Å². The summed E-state index contributed by atoms with van der Waals surface area (Å²) >= 11 is 0. The number of hydrogen-bond acceptors (Lipinski definition) is 4. The van der Waals surface area contributed by atoms with Gasteiger partial charge < -0.3 is 4.43 Å². The van der Waals surface area contributed by atoms with Crippen molar-refractivity contribution in [2.24, 2.45) is 0 Å². The second kappa shape index (κ2) is 5.77. The Kier molecular flexibility index (Phi) is 4.87. The first-order valence-electron chi connectivity index (χ1n) is 5.40. The molecule has 4 nitrogen and oxygen atoms in total. The maximum Gasteiger partial charge on any atom is 0.297 e. The summed E-state index contributed by atoms with van der Waals surface area (Å²) in [6.45, 7) is 6.49. The molecule has 0 saturated carbocycles. The van der Waals surface area contributed by atoms with E-state index in [1.165, 1.54) is 12.1 Å². The first-order valence-corrected chi connectivity index (χ1v) is 10.2. The van der Waals surface area contributed by atoms with Gasteiger partial charge in [0.1, 0.15) is 0 Å². The predicted molar refractivity (Wildman–Crippen MR) is 68.9 cm³/mol. The van der Waals surface area contributed by atoms with Gasteiger partial charge in [-0.25, -0.2) is 0 Å². The number of hydrogen-bond donors (Lipinski definition) is 0. The first kappa shape index (κ1) is 14.4. The van der Waals surface area contributed by atoms with Crippen LogP contribution in [0.1, 0.15) is 0 Å². The van der Waals surface area contributed by atoms with Gasteiger partial charge in [0.2, 0.25) is 0 Å². The van der Waals surface area contributed by atoms with E-state index in [2.05, 4.69) is 0 Å². The van der Waals surface area contributed by atoms with Crippen LogP contribution in [0.3, 0.4) is 0 Å². The predicted octanol–water partition coefficient (Wildman–Crippen LogP) is 2.24. The second-order valence-corrected chi connectivity index (χ2v) is 10.7. The van der Waals surface area contributed by atoms with E-state index in [1.807, 2.05) is 19.6 Å². The average molecular weight is 274 g/mol. The van der Waals surface area contributed by atoms with Crippen molar-refractivity contribution in [2.45, 2.75) is 24.5 Å². The minimum Gasteiger partial charge on any atom is -0.415 e. The Labute approximate surface area is 104 Å². The molecule has 1 aromatic rings. The van der Waals surface area contributed by atoms with Crippen molar-refractivity contribution in [1.29, 1.82) is 0 Å². The molecule has 0 saturated heterocycles. The fourth-order valence-corrected chi connectivity index (χ4v) is 2.76. The van der Waals surface area contributed by atoms with Crippen LogP contribution in [0.5, 0.6) is 0 Å². The van der Waals surface area contributed by atoms with Crippen molar-refractivity contribution in [3.05, 3.63) is 30.3 Å². The third kappa shape index (κ3) is 5.45. The lowest BCUT2D eigenvalue weighted by Crippen LogP contribution is -2.27. The largest absolute Gasteiger partial charge is 0.415 e. The summed E-state index contributed by atoms with van der Waals surface area (Å²) < 4.78 is 33.8. The van der Waals surface area contributed by atoms with Crippen molar-refractivity contribution in [3.63, 3.8) is 0 Å². The normalized spacial score (nSPS) is 12.6. The van der Waals surface area contributed by atoms with E-state index in [0.717, 1.165) is 0 Å². The summed E-state index contributed by atoms with van der Waals surface area (Å²) in [6.07, 6.45) is 0. The van der Waals surface area contributed by atoms with Gasteiger partial charge in [-0.3, -0.25) is 4.18 Å². The van der Waals surface area contributed by atoms with Gasteiger partial charge in [0.05, 0.1) is 18.1 Å². The van der Waals surface area contributed by atoms with Crippen LogP contribution in [0.25, 0.3) is 0 Å². The van der Waals surface area contributed by atoms with Gasteiger partial charge in [0.15, 0.2) is 8.32 Å². The molecule has 1 rings (SSSR count). The third-order valence-electron chi connectivity index (χ3n) is 1.89. The SMILES string of the molecule is C[Si](C)(C)OCCOS(=O)(=O)c1ccccc1. The highest BCUT2D eigenvalue weighted by Crippen LogP contribution is 2.11. The Morgan fingerprint density at radius 2 is 1.65 bits per heavy atom. The van der Waals surface area contributed by atoms with E-state index in [4.69, 9.17) is 8.61 Å². The first-order chi connectivity index (χ1) is 7.81. The van der Waals surface area contributed by atoms with E-state index in [-0.39, 0.29) is 11.5 Å². The average Bonchev–Trinajstić information content (AvgIpc) is 2.25. The zero-order valence-corrected chi connectivity index (χ0v) is 12.2. The van der Waals surface area contributed by atoms with Crippen molar-refractivity contribution >= 4 is 18.4 Å². The summed E-state index contributed by atoms with van der Waals surface area (Å²) in [5, 5.41) is 0. The molecule has 0 aromatic heterocycles. The quantitative estimate of drug-likeness (QED) is 0.453. The Balaban J connectivity index is 2.47. The maximum atomic E-state index is 11.7. The molecule has 0 aliphatic heterocycles. The fourth-order valence-electron chi connectivity index (χ4n) is 1.15. The fraction of sp³-hybridized carbons (Fsp3) is 0.455. The van der Waals surface area contributed by atoms with Gasteiger partial charge >= 0.3 is 0 Å². The molecule has 0 bridgehead atoms. The van der Waals surface area contributed by atoms with Crippen molar-refractivity contribution in [3.8, 4) is 0 Å². The van der Waals surface area contributed by atoms with Crippen LogP contribution in [-0.2, 0) is 18.7 Å². The van der Waals surface area contributed by atoms with Crippen LogP contribution in [0, 0.1) is 0 Å².